The van der Waals surface area contributed by atoms with Gasteiger partial charge in [-0.2, -0.15) is 5.10 Å². The van der Waals surface area contributed by atoms with Gasteiger partial charge in [-0.1, -0.05) is 12.1 Å². The van der Waals surface area contributed by atoms with E-state index >= 15 is 0 Å². The molecule has 0 radical (unpaired) electrons. The number of benzene rings is 2. The second-order valence-corrected chi connectivity index (χ2v) is 9.60. The average molecular weight is 495 g/mol. The van der Waals surface area contributed by atoms with Gasteiger partial charge < -0.3 is 5.32 Å². The monoisotopic (exact) mass is 494 g/mol. The topological polar surface area (TPSA) is 93.1 Å². The zero-order valence-corrected chi connectivity index (χ0v) is 18.9. The Kier molecular flexibility index (Phi) is 6.00. The smallest absolute Gasteiger partial charge is 0.273 e. The van der Waals surface area contributed by atoms with Gasteiger partial charge in [0.15, 0.2) is 0 Å². The largest absolute Gasteiger partial charge is 0.321 e. The van der Waals surface area contributed by atoms with Crippen molar-refractivity contribution in [3.8, 4) is 0 Å². The van der Waals surface area contributed by atoms with E-state index in [-0.39, 0.29) is 21.0 Å². The van der Waals surface area contributed by atoms with Gasteiger partial charge >= 0.3 is 0 Å². The summed E-state index contributed by atoms with van der Waals surface area (Å²) in [6, 6.07) is 12.1. The molecule has 0 aliphatic rings. The summed E-state index contributed by atoms with van der Waals surface area (Å²) < 4.78 is 43.9. The Bertz CT molecular complexity index is 1200. The molecule has 1 aromatic heterocycles. The summed E-state index contributed by atoms with van der Waals surface area (Å²) in [7, 11) is -2.30. The molecule has 0 atom stereocenters. The number of carbonyl (C=O) groups excluding carboxylic acids is 1. The number of hydrogen-bond acceptors (Lipinski definition) is 4. The normalized spacial score (nSPS) is 11.9. The number of carbonyl (C=O) groups is 1. The molecule has 3 aromatic rings. The van der Waals surface area contributed by atoms with E-state index in [2.05, 4.69) is 31.1 Å². The molecule has 7 nitrogen and oxygen atoms in total. The highest BCUT2D eigenvalue weighted by Crippen LogP contribution is 2.30. The van der Waals surface area contributed by atoms with Crippen LogP contribution in [0.4, 0.5) is 15.8 Å². The Labute approximate surface area is 182 Å². The summed E-state index contributed by atoms with van der Waals surface area (Å²) in [6.45, 7) is 2.80. The van der Waals surface area contributed by atoms with Gasteiger partial charge in [-0.25, -0.2) is 12.8 Å². The van der Waals surface area contributed by atoms with Crippen LogP contribution in [0.2, 0.25) is 0 Å². The van der Waals surface area contributed by atoms with Crippen molar-refractivity contribution in [2.45, 2.75) is 24.4 Å². The molecule has 0 fully saturated rings. The number of anilines is 2. The van der Waals surface area contributed by atoms with Crippen molar-refractivity contribution in [3.63, 3.8) is 0 Å². The second kappa shape index (κ2) is 8.19. The maximum atomic E-state index is 14.2. The minimum absolute atomic E-state index is 0.0223. The summed E-state index contributed by atoms with van der Waals surface area (Å²) in [5.74, 6) is -0.374. The van der Waals surface area contributed by atoms with Crippen LogP contribution in [0, 0.1) is 0 Å². The summed E-state index contributed by atoms with van der Waals surface area (Å²) in [6.07, 6.45) is 1.51. The molecule has 1 amide bonds. The summed E-state index contributed by atoms with van der Waals surface area (Å²) >= 11 is 3.25. The summed E-state index contributed by atoms with van der Waals surface area (Å²) in [5.41, 5.74) is -0.225. The van der Waals surface area contributed by atoms with E-state index < -0.39 is 15.7 Å². The highest BCUT2D eigenvalue weighted by Gasteiger charge is 2.22. The number of aromatic nitrogens is 2. The maximum Gasteiger partial charge on any atom is 0.273 e. The van der Waals surface area contributed by atoms with Gasteiger partial charge in [-0.15, -0.1) is 0 Å². The van der Waals surface area contributed by atoms with Crippen molar-refractivity contribution >= 4 is 43.2 Å². The van der Waals surface area contributed by atoms with Gasteiger partial charge in [0.1, 0.15) is 16.3 Å². The quantitative estimate of drug-likeness (QED) is 0.529. The van der Waals surface area contributed by atoms with Crippen molar-refractivity contribution in [3.05, 3.63) is 70.5 Å². The van der Waals surface area contributed by atoms with Crippen LogP contribution in [0.15, 0.2) is 64.1 Å². The van der Waals surface area contributed by atoms with Gasteiger partial charge in [-0.3, -0.25) is 14.2 Å². The fourth-order valence-electron chi connectivity index (χ4n) is 2.75. The Morgan fingerprint density at radius 3 is 2.47 bits per heavy atom. The van der Waals surface area contributed by atoms with Gasteiger partial charge in [0.25, 0.3) is 15.9 Å². The molecule has 1 heterocycles. The Morgan fingerprint density at radius 2 is 1.87 bits per heavy atom. The first-order valence-corrected chi connectivity index (χ1v) is 11.2. The first-order valence-electron chi connectivity index (χ1n) is 8.88. The van der Waals surface area contributed by atoms with Crippen molar-refractivity contribution in [2.24, 2.45) is 7.05 Å². The third-order valence-electron chi connectivity index (χ3n) is 4.33. The zero-order chi connectivity index (χ0) is 22.1. The van der Waals surface area contributed by atoms with Crippen LogP contribution >= 0.6 is 15.9 Å². The van der Waals surface area contributed by atoms with Crippen LogP contribution in [-0.4, -0.2) is 24.1 Å². The van der Waals surface area contributed by atoms with E-state index in [1.807, 2.05) is 0 Å². The van der Waals surface area contributed by atoms with Crippen LogP contribution in [0.5, 0.6) is 0 Å². The molecule has 0 unspecified atom stereocenters. The van der Waals surface area contributed by atoms with Gasteiger partial charge in [0.05, 0.1) is 0 Å². The fourth-order valence-corrected chi connectivity index (χ4v) is 4.88. The first-order chi connectivity index (χ1) is 14.0. The number of amides is 1. The minimum atomic E-state index is -3.95. The van der Waals surface area contributed by atoms with Gasteiger partial charge in [0, 0.05) is 29.1 Å². The molecule has 0 spiro atoms. The van der Waals surface area contributed by atoms with E-state index in [1.165, 1.54) is 49.0 Å². The summed E-state index contributed by atoms with van der Waals surface area (Å²) in [4.78, 5) is 12.3. The number of halogens is 2. The molecule has 3 rings (SSSR count). The molecule has 0 bridgehead atoms. The van der Waals surface area contributed by atoms with Crippen molar-refractivity contribution in [1.82, 2.24) is 9.78 Å². The van der Waals surface area contributed by atoms with Crippen LogP contribution in [0.3, 0.4) is 0 Å². The van der Waals surface area contributed by atoms with E-state index in [1.54, 1.807) is 31.3 Å². The molecule has 30 heavy (non-hydrogen) atoms. The number of nitrogens with zero attached hydrogens (tertiary/aromatic N) is 2. The predicted octanol–water partition coefficient (Wildman–Crippen LogP) is 4.44. The Morgan fingerprint density at radius 1 is 1.13 bits per heavy atom. The lowest BCUT2D eigenvalue weighted by Crippen LogP contribution is -2.17. The average Bonchev–Trinajstić information content (AvgIpc) is 3.07. The number of aryl methyl sites for hydroxylation is 1. The number of nitrogens with one attached hydrogen (secondary N) is 2. The molecular weight excluding hydrogens is 475 g/mol. The Balaban J connectivity index is 1.82. The fraction of sp³-hybridized carbons (Fsp3) is 0.200. The molecule has 0 saturated carbocycles. The van der Waals surface area contributed by atoms with Gasteiger partial charge in [0.2, 0.25) is 0 Å². The number of hydrogen-bond donors (Lipinski definition) is 2. The molecule has 0 aliphatic carbocycles. The number of sulfonamides is 1. The maximum absolute atomic E-state index is 14.2. The van der Waals surface area contributed by atoms with Crippen molar-refractivity contribution < 1.29 is 17.6 Å². The van der Waals surface area contributed by atoms with E-state index in [9.17, 15) is 17.6 Å². The molecule has 158 valence electrons. The standard InChI is InChI=1S/C20H20BrFN4O3S/c1-20(2,22)13-5-4-6-15(11-13)25-30(28,29)18-8-7-14(12-16(18)21)24-19(27)17-9-10-23-26(17)3/h4-12,25H,1-3H3,(H,24,27). The second-order valence-electron chi connectivity index (χ2n) is 7.10. The lowest BCUT2D eigenvalue weighted by Gasteiger charge is -2.17. The highest BCUT2D eigenvalue weighted by atomic mass is 79.9. The third kappa shape index (κ3) is 4.88. The molecule has 2 aromatic carbocycles. The van der Waals surface area contributed by atoms with Crippen molar-refractivity contribution in [1.29, 1.82) is 0 Å². The minimum Gasteiger partial charge on any atom is -0.321 e. The highest BCUT2D eigenvalue weighted by molar-refractivity contribution is 9.10. The van der Waals surface area contributed by atoms with Gasteiger partial charge in [-0.05, 0) is 71.7 Å². The molecule has 2 N–H and O–H groups in total. The lowest BCUT2D eigenvalue weighted by molar-refractivity contribution is 0.101. The van der Waals surface area contributed by atoms with E-state index in [0.717, 1.165) is 0 Å². The zero-order valence-electron chi connectivity index (χ0n) is 16.5. The van der Waals surface area contributed by atoms with Crippen LogP contribution in [0.25, 0.3) is 0 Å². The molecular formula is C20H20BrFN4O3S. The van der Waals surface area contributed by atoms with Crippen LogP contribution in [-0.2, 0) is 22.7 Å². The third-order valence-corrected chi connectivity index (χ3v) is 6.69. The van der Waals surface area contributed by atoms with Crippen LogP contribution in [0.1, 0.15) is 29.9 Å². The lowest BCUT2D eigenvalue weighted by atomic mass is 10.00. The Hall–Kier alpha value is -2.72. The first kappa shape index (κ1) is 22.0. The van der Waals surface area contributed by atoms with Crippen molar-refractivity contribution in [2.75, 3.05) is 10.0 Å². The van der Waals surface area contributed by atoms with E-state index in [0.29, 0.717) is 16.9 Å². The van der Waals surface area contributed by atoms with E-state index in [4.69, 9.17) is 0 Å². The number of alkyl halides is 1. The number of rotatable bonds is 6. The van der Waals surface area contributed by atoms with Crippen LogP contribution < -0.4 is 10.0 Å². The molecule has 0 aliphatic heterocycles. The SMILES string of the molecule is Cn1nccc1C(=O)Nc1ccc(S(=O)(=O)Nc2cccc(C(C)(C)F)c2)c(Br)c1. The summed E-state index contributed by atoms with van der Waals surface area (Å²) in [5, 5.41) is 6.63. The molecule has 10 heteroatoms. The predicted molar refractivity (Wildman–Crippen MR) is 117 cm³/mol. The molecule has 0 saturated heterocycles.